The summed E-state index contributed by atoms with van der Waals surface area (Å²) < 4.78 is 0. The molecule has 0 saturated heterocycles. The van der Waals surface area contributed by atoms with Gasteiger partial charge in [-0.1, -0.05) is 56.3 Å². The summed E-state index contributed by atoms with van der Waals surface area (Å²) in [5, 5.41) is 12.1. The van der Waals surface area contributed by atoms with Gasteiger partial charge in [0.05, 0.1) is 0 Å². The first-order valence-electron chi connectivity index (χ1n) is 7.14. The van der Waals surface area contributed by atoms with Crippen molar-refractivity contribution in [1.29, 1.82) is 0 Å². The Bertz CT molecular complexity index is 424. The van der Waals surface area contributed by atoms with E-state index < -0.39 is 5.97 Å². The van der Waals surface area contributed by atoms with E-state index in [1.807, 2.05) is 18.2 Å². The summed E-state index contributed by atoms with van der Waals surface area (Å²) >= 11 is 0. The molecule has 0 fully saturated rings. The van der Waals surface area contributed by atoms with Crippen LogP contribution in [0.2, 0.25) is 0 Å². The van der Waals surface area contributed by atoms with Gasteiger partial charge in [0.15, 0.2) is 0 Å². The standard InChI is InChI=1S/C17H25NO2/c1-17(2,11-10-16(19)20)12-14-18-13-6-9-15-7-4-3-5-8-15/h3-9,18H,10-14H2,1-2H3,(H,19,20). The van der Waals surface area contributed by atoms with E-state index in [0.29, 0.717) is 0 Å². The van der Waals surface area contributed by atoms with Crippen LogP contribution in [-0.2, 0) is 4.79 Å². The highest BCUT2D eigenvalue weighted by atomic mass is 16.4. The number of nitrogens with one attached hydrogen (secondary N) is 1. The largest absolute Gasteiger partial charge is 0.481 e. The van der Waals surface area contributed by atoms with E-state index in [9.17, 15) is 4.79 Å². The van der Waals surface area contributed by atoms with Gasteiger partial charge in [0.25, 0.3) is 0 Å². The summed E-state index contributed by atoms with van der Waals surface area (Å²) in [7, 11) is 0. The minimum atomic E-state index is -0.711. The third-order valence-corrected chi connectivity index (χ3v) is 3.37. The maximum atomic E-state index is 10.6. The van der Waals surface area contributed by atoms with Crippen molar-refractivity contribution in [3.63, 3.8) is 0 Å². The van der Waals surface area contributed by atoms with E-state index in [4.69, 9.17) is 5.11 Å². The van der Waals surface area contributed by atoms with Gasteiger partial charge in [-0.05, 0) is 30.4 Å². The van der Waals surface area contributed by atoms with E-state index in [0.717, 1.165) is 25.9 Å². The molecule has 0 spiro atoms. The summed E-state index contributed by atoms with van der Waals surface area (Å²) in [5.41, 5.74) is 1.28. The second-order valence-electron chi connectivity index (χ2n) is 5.83. The third kappa shape index (κ3) is 7.74. The minimum absolute atomic E-state index is 0.0779. The minimum Gasteiger partial charge on any atom is -0.481 e. The Morgan fingerprint density at radius 1 is 1.25 bits per heavy atom. The summed E-state index contributed by atoms with van der Waals surface area (Å²) in [6, 6.07) is 10.2. The molecule has 0 aliphatic carbocycles. The fourth-order valence-electron chi connectivity index (χ4n) is 1.94. The van der Waals surface area contributed by atoms with Gasteiger partial charge >= 0.3 is 5.97 Å². The van der Waals surface area contributed by atoms with Gasteiger partial charge in [-0.15, -0.1) is 0 Å². The Morgan fingerprint density at radius 3 is 2.60 bits per heavy atom. The number of hydrogen-bond acceptors (Lipinski definition) is 2. The van der Waals surface area contributed by atoms with Gasteiger partial charge in [0.2, 0.25) is 0 Å². The molecule has 3 nitrogen and oxygen atoms in total. The first kappa shape index (κ1) is 16.4. The molecule has 3 heteroatoms. The first-order chi connectivity index (χ1) is 9.49. The summed E-state index contributed by atoms with van der Waals surface area (Å²) in [6.07, 6.45) is 6.17. The van der Waals surface area contributed by atoms with Crippen molar-refractivity contribution in [3.8, 4) is 0 Å². The zero-order valence-electron chi connectivity index (χ0n) is 12.4. The van der Waals surface area contributed by atoms with Crippen molar-refractivity contribution in [3.05, 3.63) is 42.0 Å². The molecule has 0 aliphatic heterocycles. The predicted molar refractivity (Wildman–Crippen MR) is 83.6 cm³/mol. The molecule has 0 unspecified atom stereocenters. The zero-order valence-corrected chi connectivity index (χ0v) is 12.4. The molecule has 0 aromatic heterocycles. The Labute approximate surface area is 121 Å². The van der Waals surface area contributed by atoms with Crippen LogP contribution in [0.3, 0.4) is 0 Å². The highest BCUT2D eigenvalue weighted by molar-refractivity contribution is 5.66. The molecule has 2 N–H and O–H groups in total. The number of carboxylic acid groups (broad SMARTS) is 1. The van der Waals surface area contributed by atoms with Gasteiger partial charge in [0.1, 0.15) is 0 Å². The van der Waals surface area contributed by atoms with Gasteiger partial charge in [-0.25, -0.2) is 0 Å². The van der Waals surface area contributed by atoms with Crippen molar-refractivity contribution in [2.75, 3.05) is 13.1 Å². The second kappa shape index (κ2) is 8.54. The number of hydrogen-bond donors (Lipinski definition) is 2. The smallest absolute Gasteiger partial charge is 0.303 e. The second-order valence-corrected chi connectivity index (χ2v) is 5.83. The van der Waals surface area contributed by atoms with E-state index >= 15 is 0 Å². The van der Waals surface area contributed by atoms with Crippen LogP contribution >= 0.6 is 0 Å². The van der Waals surface area contributed by atoms with Crippen LogP contribution in [0.4, 0.5) is 0 Å². The van der Waals surface area contributed by atoms with E-state index in [1.54, 1.807) is 0 Å². The van der Waals surface area contributed by atoms with Crippen molar-refractivity contribution in [2.24, 2.45) is 5.41 Å². The topological polar surface area (TPSA) is 49.3 Å². The number of benzene rings is 1. The van der Waals surface area contributed by atoms with E-state index in [1.165, 1.54) is 5.56 Å². The van der Waals surface area contributed by atoms with Crippen LogP contribution in [0, 0.1) is 5.41 Å². The molecule has 1 aromatic rings. The Morgan fingerprint density at radius 2 is 1.95 bits per heavy atom. The van der Waals surface area contributed by atoms with Crippen LogP contribution in [0.15, 0.2) is 36.4 Å². The number of rotatable bonds is 9. The number of aliphatic carboxylic acids is 1. The van der Waals surface area contributed by atoms with Crippen LogP contribution in [-0.4, -0.2) is 24.2 Å². The number of carbonyl (C=O) groups is 1. The molecule has 0 aliphatic rings. The molecular formula is C17H25NO2. The monoisotopic (exact) mass is 275 g/mol. The quantitative estimate of drug-likeness (QED) is 0.677. The van der Waals surface area contributed by atoms with E-state index in [2.05, 4.69) is 43.4 Å². The lowest BCUT2D eigenvalue weighted by Gasteiger charge is -2.23. The highest BCUT2D eigenvalue weighted by Gasteiger charge is 2.18. The molecule has 110 valence electrons. The van der Waals surface area contributed by atoms with Crippen molar-refractivity contribution >= 4 is 12.0 Å². The van der Waals surface area contributed by atoms with Crippen molar-refractivity contribution in [1.82, 2.24) is 5.32 Å². The van der Waals surface area contributed by atoms with Crippen molar-refractivity contribution < 1.29 is 9.90 Å². The molecular weight excluding hydrogens is 250 g/mol. The average molecular weight is 275 g/mol. The summed E-state index contributed by atoms with van der Waals surface area (Å²) in [5.74, 6) is -0.711. The molecule has 1 rings (SSSR count). The molecule has 0 bridgehead atoms. The fraction of sp³-hybridized carbons (Fsp3) is 0.471. The predicted octanol–water partition coefficient (Wildman–Crippen LogP) is 3.57. The maximum absolute atomic E-state index is 10.6. The lowest BCUT2D eigenvalue weighted by Crippen LogP contribution is -2.23. The van der Waals surface area contributed by atoms with Gasteiger partial charge in [-0.2, -0.15) is 0 Å². The molecule has 1 aromatic carbocycles. The average Bonchev–Trinajstić information content (AvgIpc) is 2.42. The van der Waals surface area contributed by atoms with Crippen LogP contribution in [0.1, 0.15) is 38.7 Å². The summed E-state index contributed by atoms with van der Waals surface area (Å²) in [6.45, 7) is 5.99. The molecule has 0 heterocycles. The Kier molecular flexibility index (Phi) is 7.02. The summed E-state index contributed by atoms with van der Waals surface area (Å²) in [4.78, 5) is 10.6. The van der Waals surface area contributed by atoms with Crippen LogP contribution < -0.4 is 5.32 Å². The maximum Gasteiger partial charge on any atom is 0.303 e. The highest BCUT2D eigenvalue weighted by Crippen LogP contribution is 2.25. The molecule has 0 atom stereocenters. The SMILES string of the molecule is CC(C)(CCNCC=Cc1ccccc1)CCC(=O)O. The Balaban J connectivity index is 2.15. The Hall–Kier alpha value is -1.61. The van der Waals surface area contributed by atoms with Gasteiger partial charge in [0, 0.05) is 13.0 Å². The molecule has 0 radical (unpaired) electrons. The van der Waals surface area contributed by atoms with Crippen LogP contribution in [0.5, 0.6) is 0 Å². The first-order valence-corrected chi connectivity index (χ1v) is 7.14. The normalized spacial score (nSPS) is 11.9. The fourth-order valence-corrected chi connectivity index (χ4v) is 1.94. The number of carboxylic acids is 1. The molecule has 0 amide bonds. The van der Waals surface area contributed by atoms with Gasteiger partial charge < -0.3 is 10.4 Å². The zero-order chi connectivity index (χ0) is 14.8. The van der Waals surface area contributed by atoms with E-state index in [-0.39, 0.29) is 11.8 Å². The molecule has 0 saturated carbocycles. The lowest BCUT2D eigenvalue weighted by molar-refractivity contribution is -0.137. The van der Waals surface area contributed by atoms with Crippen LogP contribution in [0.25, 0.3) is 6.08 Å². The molecule has 20 heavy (non-hydrogen) atoms. The third-order valence-electron chi connectivity index (χ3n) is 3.37. The van der Waals surface area contributed by atoms with Gasteiger partial charge in [-0.3, -0.25) is 4.79 Å². The van der Waals surface area contributed by atoms with Crippen molar-refractivity contribution in [2.45, 2.75) is 33.1 Å². The lowest BCUT2D eigenvalue weighted by atomic mass is 9.84.